The number of ether oxygens (including phenoxy) is 1. The Bertz CT molecular complexity index is 525. The maximum absolute atomic E-state index is 11.6. The third-order valence-corrected chi connectivity index (χ3v) is 3.76. The number of hydrogen-bond acceptors (Lipinski definition) is 5. The average Bonchev–Trinajstić information content (AvgIpc) is 2.66. The predicted molar refractivity (Wildman–Crippen MR) is 66.6 cm³/mol. The Morgan fingerprint density at radius 2 is 2.28 bits per heavy atom. The molecule has 0 spiro atoms. The number of methoxy groups -OCH3 is 1. The lowest BCUT2D eigenvalue weighted by Gasteiger charge is -2.01. The van der Waals surface area contributed by atoms with Crippen molar-refractivity contribution in [3.63, 3.8) is 0 Å². The molecule has 0 aliphatic rings. The maximum Gasteiger partial charge on any atom is 0.287 e. The molecular weight excluding hydrogens is 328 g/mol. The predicted octanol–water partition coefficient (Wildman–Crippen LogP) is 0.456. The van der Waals surface area contributed by atoms with E-state index < -0.39 is 15.9 Å². The molecule has 1 rings (SSSR count). The summed E-state index contributed by atoms with van der Waals surface area (Å²) in [6.07, 6.45) is 0.645. The first-order chi connectivity index (χ1) is 8.36. The van der Waals surface area contributed by atoms with Crippen LogP contribution in [0.4, 0.5) is 0 Å². The minimum Gasteiger partial charge on any atom is -0.443 e. The molecule has 1 amide bonds. The first kappa shape index (κ1) is 15.2. The van der Waals surface area contributed by atoms with Crippen molar-refractivity contribution in [1.29, 1.82) is 0 Å². The molecule has 0 bridgehead atoms. The number of nitrogens with one attached hydrogen (secondary N) is 1. The van der Waals surface area contributed by atoms with Crippen LogP contribution in [0.2, 0.25) is 0 Å². The number of sulfonamides is 1. The first-order valence-corrected chi connectivity index (χ1v) is 7.29. The normalized spacial score (nSPS) is 11.5. The Morgan fingerprint density at radius 1 is 1.61 bits per heavy atom. The highest BCUT2D eigenvalue weighted by molar-refractivity contribution is 9.10. The zero-order chi connectivity index (χ0) is 13.8. The number of rotatable bonds is 6. The Balaban J connectivity index is 2.71. The standard InChI is InChI=1S/C9H13BrN2O5S/c1-16-4-2-3-12-9(13)6-5-7(8(10)17-6)18(11,14)15/h5H,2-4H2,1H3,(H,12,13)(H2,11,14,15). The minimum atomic E-state index is -3.92. The summed E-state index contributed by atoms with van der Waals surface area (Å²) >= 11 is 2.89. The Kier molecular flexibility index (Phi) is 5.32. The van der Waals surface area contributed by atoms with Gasteiger partial charge in [0.1, 0.15) is 4.90 Å². The van der Waals surface area contributed by atoms with Gasteiger partial charge in [-0.1, -0.05) is 0 Å². The molecule has 1 aromatic rings. The summed E-state index contributed by atoms with van der Waals surface area (Å²) in [5.74, 6) is -0.634. The molecular formula is C9H13BrN2O5S. The van der Waals surface area contributed by atoms with E-state index in [2.05, 4.69) is 21.2 Å². The van der Waals surface area contributed by atoms with Crippen LogP contribution in [0.25, 0.3) is 0 Å². The summed E-state index contributed by atoms with van der Waals surface area (Å²) in [6.45, 7) is 0.917. The summed E-state index contributed by atoms with van der Waals surface area (Å²) in [4.78, 5) is 11.3. The van der Waals surface area contributed by atoms with Gasteiger partial charge in [0.25, 0.3) is 5.91 Å². The summed E-state index contributed by atoms with van der Waals surface area (Å²) in [6, 6.07) is 1.07. The van der Waals surface area contributed by atoms with Gasteiger partial charge in [0.2, 0.25) is 10.0 Å². The molecule has 0 aliphatic carbocycles. The lowest BCUT2D eigenvalue weighted by atomic mass is 10.4. The molecule has 1 aromatic heterocycles. The highest BCUT2D eigenvalue weighted by Gasteiger charge is 2.21. The quantitative estimate of drug-likeness (QED) is 0.730. The molecule has 0 atom stereocenters. The molecule has 18 heavy (non-hydrogen) atoms. The molecule has 102 valence electrons. The lowest BCUT2D eigenvalue weighted by molar-refractivity contribution is 0.0919. The smallest absolute Gasteiger partial charge is 0.287 e. The Morgan fingerprint density at radius 3 is 2.78 bits per heavy atom. The number of hydrogen-bond donors (Lipinski definition) is 2. The van der Waals surface area contributed by atoms with Crippen LogP contribution >= 0.6 is 15.9 Å². The van der Waals surface area contributed by atoms with Crippen LogP contribution in [0.3, 0.4) is 0 Å². The summed E-state index contributed by atoms with van der Waals surface area (Å²) in [5, 5.41) is 7.50. The van der Waals surface area contributed by atoms with E-state index in [-0.39, 0.29) is 15.3 Å². The molecule has 0 fully saturated rings. The van der Waals surface area contributed by atoms with Crippen LogP contribution in [0.5, 0.6) is 0 Å². The third-order valence-electron chi connectivity index (χ3n) is 2.00. The molecule has 0 aromatic carbocycles. The van der Waals surface area contributed by atoms with Crippen LogP contribution in [0.15, 0.2) is 20.0 Å². The van der Waals surface area contributed by atoms with Crippen LogP contribution in [-0.2, 0) is 14.8 Å². The number of nitrogens with two attached hydrogens (primary N) is 1. The van der Waals surface area contributed by atoms with Crippen LogP contribution in [0.1, 0.15) is 17.0 Å². The molecule has 0 saturated heterocycles. The number of carbonyl (C=O) groups is 1. The van der Waals surface area contributed by atoms with Gasteiger partial charge < -0.3 is 14.5 Å². The number of amides is 1. The number of halogens is 1. The largest absolute Gasteiger partial charge is 0.443 e. The highest BCUT2D eigenvalue weighted by Crippen LogP contribution is 2.24. The number of furan rings is 1. The second-order valence-electron chi connectivity index (χ2n) is 3.40. The number of primary sulfonamides is 1. The van der Waals surface area contributed by atoms with E-state index in [0.29, 0.717) is 19.6 Å². The molecule has 0 radical (unpaired) electrons. The van der Waals surface area contributed by atoms with Gasteiger partial charge in [-0.05, 0) is 22.4 Å². The Hall–Kier alpha value is -0.900. The van der Waals surface area contributed by atoms with E-state index in [4.69, 9.17) is 14.3 Å². The third kappa shape index (κ3) is 4.09. The first-order valence-electron chi connectivity index (χ1n) is 4.95. The van der Waals surface area contributed by atoms with E-state index in [0.717, 1.165) is 6.07 Å². The second kappa shape index (κ2) is 6.32. The van der Waals surface area contributed by atoms with Crippen molar-refractivity contribution < 1.29 is 22.4 Å². The van der Waals surface area contributed by atoms with Crippen molar-refractivity contribution in [3.05, 3.63) is 16.5 Å². The van der Waals surface area contributed by atoms with E-state index in [1.165, 1.54) is 0 Å². The maximum atomic E-state index is 11.6. The lowest BCUT2D eigenvalue weighted by Crippen LogP contribution is -2.24. The zero-order valence-electron chi connectivity index (χ0n) is 9.60. The van der Waals surface area contributed by atoms with Crippen molar-refractivity contribution in [3.8, 4) is 0 Å². The monoisotopic (exact) mass is 340 g/mol. The second-order valence-corrected chi connectivity index (χ2v) is 5.65. The van der Waals surface area contributed by atoms with Crippen molar-refractivity contribution in [2.75, 3.05) is 20.3 Å². The molecule has 1 heterocycles. The van der Waals surface area contributed by atoms with Gasteiger partial charge in [-0.15, -0.1) is 0 Å². The molecule has 0 saturated carbocycles. The molecule has 3 N–H and O–H groups in total. The topological polar surface area (TPSA) is 112 Å². The molecule has 7 nitrogen and oxygen atoms in total. The molecule has 0 aliphatic heterocycles. The van der Waals surface area contributed by atoms with E-state index in [9.17, 15) is 13.2 Å². The highest BCUT2D eigenvalue weighted by atomic mass is 79.9. The van der Waals surface area contributed by atoms with Gasteiger partial charge in [0.15, 0.2) is 10.4 Å². The molecule has 9 heteroatoms. The van der Waals surface area contributed by atoms with Gasteiger partial charge in [0.05, 0.1) is 0 Å². The van der Waals surface area contributed by atoms with Gasteiger partial charge in [-0.25, -0.2) is 13.6 Å². The fourth-order valence-corrected chi connectivity index (χ4v) is 2.67. The van der Waals surface area contributed by atoms with Crippen LogP contribution in [0, 0.1) is 0 Å². The van der Waals surface area contributed by atoms with E-state index in [1.54, 1.807) is 7.11 Å². The summed E-state index contributed by atoms with van der Waals surface area (Å²) < 4.78 is 32.0. The van der Waals surface area contributed by atoms with Gasteiger partial charge in [0, 0.05) is 26.3 Å². The van der Waals surface area contributed by atoms with Gasteiger partial charge >= 0.3 is 0 Å². The van der Waals surface area contributed by atoms with Crippen LogP contribution in [-0.4, -0.2) is 34.6 Å². The van der Waals surface area contributed by atoms with Gasteiger partial charge in [-0.3, -0.25) is 4.79 Å². The van der Waals surface area contributed by atoms with Crippen molar-refractivity contribution >= 4 is 31.9 Å². The Labute approximate surface area is 113 Å². The molecule has 0 unspecified atom stereocenters. The summed E-state index contributed by atoms with van der Waals surface area (Å²) in [5.41, 5.74) is 0. The zero-order valence-corrected chi connectivity index (χ0v) is 12.0. The van der Waals surface area contributed by atoms with E-state index >= 15 is 0 Å². The van der Waals surface area contributed by atoms with Crippen LogP contribution < -0.4 is 10.5 Å². The van der Waals surface area contributed by atoms with E-state index in [1.807, 2.05) is 0 Å². The van der Waals surface area contributed by atoms with Crippen molar-refractivity contribution in [1.82, 2.24) is 5.32 Å². The van der Waals surface area contributed by atoms with Gasteiger partial charge in [-0.2, -0.15) is 0 Å². The summed E-state index contributed by atoms with van der Waals surface area (Å²) in [7, 11) is -2.36. The average molecular weight is 341 g/mol. The van der Waals surface area contributed by atoms with Crippen molar-refractivity contribution in [2.45, 2.75) is 11.3 Å². The number of carbonyl (C=O) groups excluding carboxylic acids is 1. The fraction of sp³-hybridized carbons (Fsp3) is 0.444. The SMILES string of the molecule is COCCCNC(=O)c1cc(S(N)(=O)=O)c(Br)o1. The van der Waals surface area contributed by atoms with Crippen molar-refractivity contribution in [2.24, 2.45) is 5.14 Å². The minimum absolute atomic E-state index is 0.0907. The fourth-order valence-electron chi connectivity index (χ4n) is 1.16.